The lowest BCUT2D eigenvalue weighted by molar-refractivity contribution is -0.139. The molecular weight excluding hydrogens is 447 g/mol. The van der Waals surface area contributed by atoms with Crippen LogP contribution < -0.4 is 11.1 Å². The Balaban J connectivity index is 1.33. The highest BCUT2D eigenvalue weighted by Gasteiger charge is 2.55. The second-order valence-corrected chi connectivity index (χ2v) is 9.01. The lowest BCUT2D eigenvalue weighted by Crippen LogP contribution is -2.48. The standard InChI is InChI=1S/C24H22ClFN4O3/c25-17-6-3-4-13(22(17)26)11-28-23(32)20-9-14-8-19(14)30(20)21(31)10-15-12-29(24(27)33)18-7-2-1-5-16(15)18/h1-7,12,14,19-20H,8-11H2,(H2,27,33)(H,28,32)/t14?,19-,20+/m1/s1. The fourth-order valence-electron chi connectivity index (χ4n) is 4.86. The van der Waals surface area contributed by atoms with Crippen molar-refractivity contribution in [3.05, 3.63) is 70.6 Å². The van der Waals surface area contributed by atoms with Gasteiger partial charge in [-0.1, -0.05) is 41.9 Å². The zero-order valence-electron chi connectivity index (χ0n) is 17.6. The smallest absolute Gasteiger partial charge is 0.323 e. The summed E-state index contributed by atoms with van der Waals surface area (Å²) in [5.74, 6) is -0.747. The van der Waals surface area contributed by atoms with Crippen LogP contribution in [-0.4, -0.2) is 39.4 Å². The Hall–Kier alpha value is -3.39. The molecule has 7 nitrogen and oxygen atoms in total. The van der Waals surface area contributed by atoms with Crippen molar-refractivity contribution in [1.29, 1.82) is 0 Å². The third-order valence-corrected chi connectivity index (χ3v) is 6.85. The Morgan fingerprint density at radius 3 is 2.67 bits per heavy atom. The van der Waals surface area contributed by atoms with Gasteiger partial charge in [-0.25, -0.2) is 9.18 Å². The minimum absolute atomic E-state index is 0.00390. The zero-order valence-corrected chi connectivity index (χ0v) is 18.4. The zero-order chi connectivity index (χ0) is 23.3. The molecule has 9 heteroatoms. The number of benzene rings is 2. The number of carbonyl (C=O) groups is 3. The molecule has 1 aliphatic carbocycles. The molecule has 3 atom stereocenters. The van der Waals surface area contributed by atoms with E-state index >= 15 is 0 Å². The van der Waals surface area contributed by atoms with Crippen LogP contribution in [0.3, 0.4) is 0 Å². The number of halogens is 2. The van der Waals surface area contributed by atoms with Crippen LogP contribution in [0.15, 0.2) is 48.7 Å². The average Bonchev–Trinajstić information content (AvgIpc) is 3.30. The van der Waals surface area contributed by atoms with E-state index in [4.69, 9.17) is 17.3 Å². The van der Waals surface area contributed by atoms with Gasteiger partial charge in [0.2, 0.25) is 11.8 Å². The number of nitrogens with two attached hydrogens (primary N) is 1. The van der Waals surface area contributed by atoms with Gasteiger partial charge in [0.25, 0.3) is 0 Å². The van der Waals surface area contributed by atoms with Crippen LogP contribution in [-0.2, 0) is 22.6 Å². The highest BCUT2D eigenvalue weighted by molar-refractivity contribution is 6.30. The van der Waals surface area contributed by atoms with Crippen molar-refractivity contribution in [2.75, 3.05) is 0 Å². The Labute approximate surface area is 194 Å². The van der Waals surface area contributed by atoms with Crippen LogP contribution in [0.2, 0.25) is 5.02 Å². The molecule has 1 aliphatic heterocycles. The molecule has 3 N–H and O–H groups in total. The topological polar surface area (TPSA) is 97.4 Å². The number of likely N-dealkylation sites (tertiary alicyclic amines) is 1. The minimum Gasteiger partial charge on any atom is -0.351 e. The molecule has 170 valence electrons. The monoisotopic (exact) mass is 468 g/mol. The van der Waals surface area contributed by atoms with E-state index in [0.29, 0.717) is 23.4 Å². The van der Waals surface area contributed by atoms with E-state index in [9.17, 15) is 18.8 Å². The minimum atomic E-state index is -0.626. The number of hydrogen-bond donors (Lipinski definition) is 2. The van der Waals surface area contributed by atoms with E-state index in [0.717, 1.165) is 11.8 Å². The van der Waals surface area contributed by atoms with E-state index in [2.05, 4.69) is 5.32 Å². The van der Waals surface area contributed by atoms with Crippen molar-refractivity contribution < 1.29 is 18.8 Å². The van der Waals surface area contributed by atoms with E-state index < -0.39 is 17.9 Å². The summed E-state index contributed by atoms with van der Waals surface area (Å²) in [6, 6.07) is 10.7. The summed E-state index contributed by atoms with van der Waals surface area (Å²) in [5, 5.41) is 3.52. The summed E-state index contributed by atoms with van der Waals surface area (Å²) < 4.78 is 15.5. The van der Waals surface area contributed by atoms with E-state index in [1.54, 1.807) is 35.4 Å². The van der Waals surface area contributed by atoms with Gasteiger partial charge in [-0.15, -0.1) is 0 Å². The predicted octanol–water partition coefficient (Wildman–Crippen LogP) is 3.21. The van der Waals surface area contributed by atoms with Gasteiger partial charge in [0.1, 0.15) is 11.9 Å². The number of nitrogens with one attached hydrogen (secondary N) is 1. The number of rotatable bonds is 5. The molecule has 5 rings (SSSR count). The maximum Gasteiger partial charge on any atom is 0.323 e. The summed E-state index contributed by atoms with van der Waals surface area (Å²) in [5.41, 5.74) is 7.08. The van der Waals surface area contributed by atoms with Crippen molar-refractivity contribution in [2.45, 2.75) is 37.9 Å². The molecule has 2 aromatic carbocycles. The van der Waals surface area contributed by atoms with Crippen LogP contribution in [0.25, 0.3) is 10.9 Å². The Kier molecular flexibility index (Phi) is 5.32. The third-order valence-electron chi connectivity index (χ3n) is 6.55. The Morgan fingerprint density at radius 1 is 1.09 bits per heavy atom. The first-order valence-electron chi connectivity index (χ1n) is 10.8. The van der Waals surface area contributed by atoms with Crippen LogP contribution in [0.4, 0.5) is 9.18 Å². The SMILES string of the molecule is NC(=O)n1cc(CC(=O)N2[C@@H]3CC3C[C@H]2C(=O)NCc2cccc(Cl)c2F)c2ccccc21. The van der Waals surface area contributed by atoms with Crippen molar-refractivity contribution in [3.63, 3.8) is 0 Å². The van der Waals surface area contributed by atoms with Crippen LogP contribution in [0.5, 0.6) is 0 Å². The van der Waals surface area contributed by atoms with Gasteiger partial charge < -0.3 is 16.0 Å². The number of piperidine rings is 1. The van der Waals surface area contributed by atoms with Gasteiger partial charge in [-0.2, -0.15) is 0 Å². The highest BCUT2D eigenvalue weighted by atomic mass is 35.5. The molecule has 3 amide bonds. The second-order valence-electron chi connectivity index (χ2n) is 8.60. The first-order chi connectivity index (χ1) is 15.8. The molecule has 1 unspecified atom stereocenters. The fraction of sp³-hybridized carbons (Fsp3) is 0.292. The first-order valence-corrected chi connectivity index (χ1v) is 11.1. The fourth-order valence-corrected chi connectivity index (χ4v) is 5.06. The number of carbonyl (C=O) groups excluding carboxylic acids is 3. The number of para-hydroxylation sites is 1. The molecule has 2 aliphatic rings. The molecule has 2 fully saturated rings. The maximum atomic E-state index is 14.1. The van der Waals surface area contributed by atoms with E-state index in [1.807, 2.05) is 12.1 Å². The number of fused-ring (bicyclic) bond motifs is 2. The van der Waals surface area contributed by atoms with Gasteiger partial charge >= 0.3 is 6.03 Å². The highest BCUT2D eigenvalue weighted by Crippen LogP contribution is 2.48. The van der Waals surface area contributed by atoms with Gasteiger partial charge in [-0.05, 0) is 36.5 Å². The molecule has 1 saturated carbocycles. The number of primary amides is 1. The van der Waals surface area contributed by atoms with Crippen LogP contribution >= 0.6 is 11.6 Å². The molecular formula is C24H22ClFN4O3. The van der Waals surface area contributed by atoms with Crippen molar-refractivity contribution in [3.8, 4) is 0 Å². The normalized spacial score (nSPS) is 21.2. The van der Waals surface area contributed by atoms with Crippen molar-refractivity contribution in [2.24, 2.45) is 11.7 Å². The maximum absolute atomic E-state index is 14.1. The van der Waals surface area contributed by atoms with E-state index in [-0.39, 0.29) is 41.4 Å². The van der Waals surface area contributed by atoms with Crippen LogP contribution in [0, 0.1) is 11.7 Å². The first kappa shape index (κ1) is 21.5. The second kappa shape index (κ2) is 8.19. The average molecular weight is 469 g/mol. The predicted molar refractivity (Wildman–Crippen MR) is 121 cm³/mol. The molecule has 0 spiro atoms. The number of nitrogens with zero attached hydrogens (tertiary/aromatic N) is 2. The largest absolute Gasteiger partial charge is 0.351 e. The molecule has 0 bridgehead atoms. The Bertz CT molecular complexity index is 1290. The lowest BCUT2D eigenvalue weighted by Gasteiger charge is -2.27. The number of aromatic nitrogens is 1. The molecule has 3 aromatic rings. The third kappa shape index (κ3) is 3.84. The van der Waals surface area contributed by atoms with Crippen LogP contribution in [0.1, 0.15) is 24.0 Å². The van der Waals surface area contributed by atoms with Gasteiger partial charge in [-0.3, -0.25) is 14.2 Å². The number of amides is 3. The van der Waals surface area contributed by atoms with Crippen molar-refractivity contribution >= 4 is 40.3 Å². The lowest BCUT2D eigenvalue weighted by atomic mass is 10.1. The number of hydrogen-bond acceptors (Lipinski definition) is 3. The molecule has 33 heavy (non-hydrogen) atoms. The molecule has 1 saturated heterocycles. The molecule has 2 heterocycles. The summed E-state index contributed by atoms with van der Waals surface area (Å²) in [7, 11) is 0. The summed E-state index contributed by atoms with van der Waals surface area (Å²) >= 11 is 5.81. The molecule has 1 aromatic heterocycles. The van der Waals surface area contributed by atoms with Gasteiger partial charge in [0, 0.05) is 29.7 Å². The Morgan fingerprint density at radius 2 is 1.88 bits per heavy atom. The summed E-state index contributed by atoms with van der Waals surface area (Å²) in [4.78, 5) is 39.7. The van der Waals surface area contributed by atoms with Crippen molar-refractivity contribution in [1.82, 2.24) is 14.8 Å². The van der Waals surface area contributed by atoms with E-state index in [1.165, 1.54) is 10.6 Å². The van der Waals surface area contributed by atoms with Gasteiger partial charge in [0.15, 0.2) is 0 Å². The summed E-state index contributed by atoms with van der Waals surface area (Å²) in [6.45, 7) is -0.00874. The van der Waals surface area contributed by atoms with Gasteiger partial charge in [0.05, 0.1) is 17.0 Å². The molecule has 0 radical (unpaired) electrons. The quantitative estimate of drug-likeness (QED) is 0.601. The summed E-state index contributed by atoms with van der Waals surface area (Å²) in [6.07, 6.45) is 3.10.